The molecule has 0 spiro atoms. The van der Waals surface area contributed by atoms with Crippen LogP contribution in [0, 0.1) is 0 Å². The van der Waals surface area contributed by atoms with Crippen LogP contribution in [0.15, 0.2) is 30.5 Å². The first kappa shape index (κ1) is 15.6. The second kappa shape index (κ2) is 6.89. The van der Waals surface area contributed by atoms with Gasteiger partial charge in [0.15, 0.2) is 0 Å². The number of nitrogens with zero attached hydrogens (tertiary/aromatic N) is 3. The van der Waals surface area contributed by atoms with Crippen molar-refractivity contribution in [3.05, 3.63) is 47.0 Å². The van der Waals surface area contributed by atoms with Gasteiger partial charge in [0.05, 0.1) is 23.5 Å². The SMILES string of the molecule is CCOC(=O)c1nccc(NCc2nsc3ccc(Cl)cc23)n1. The molecule has 1 N–H and O–H groups in total. The number of fused-ring (bicyclic) bond motifs is 1. The van der Waals surface area contributed by atoms with E-state index in [2.05, 4.69) is 19.7 Å². The maximum absolute atomic E-state index is 11.6. The number of carbonyl (C=O) groups excluding carboxylic acids is 1. The number of halogens is 1. The van der Waals surface area contributed by atoms with Crippen molar-refractivity contribution in [2.75, 3.05) is 11.9 Å². The highest BCUT2D eigenvalue weighted by molar-refractivity contribution is 7.13. The number of ether oxygens (including phenoxy) is 1. The second-order valence-electron chi connectivity index (χ2n) is 4.61. The molecule has 8 heteroatoms. The largest absolute Gasteiger partial charge is 0.460 e. The molecule has 0 atom stereocenters. The number of hydrogen-bond acceptors (Lipinski definition) is 7. The number of esters is 1. The molecule has 0 unspecified atom stereocenters. The fourth-order valence-corrected chi connectivity index (χ4v) is 2.96. The first-order valence-corrected chi connectivity index (χ1v) is 8.10. The van der Waals surface area contributed by atoms with E-state index in [0.717, 1.165) is 15.8 Å². The van der Waals surface area contributed by atoms with Gasteiger partial charge in [0, 0.05) is 16.6 Å². The summed E-state index contributed by atoms with van der Waals surface area (Å²) in [5.74, 6) is 0.0244. The van der Waals surface area contributed by atoms with Gasteiger partial charge in [-0.2, -0.15) is 4.37 Å². The zero-order chi connectivity index (χ0) is 16.2. The summed E-state index contributed by atoms with van der Waals surface area (Å²) in [6.45, 7) is 2.49. The average Bonchev–Trinajstić information content (AvgIpc) is 2.95. The van der Waals surface area contributed by atoms with Crippen molar-refractivity contribution in [3.63, 3.8) is 0 Å². The maximum Gasteiger partial charge on any atom is 0.376 e. The summed E-state index contributed by atoms with van der Waals surface area (Å²) >= 11 is 7.45. The van der Waals surface area contributed by atoms with Crippen LogP contribution in [0.5, 0.6) is 0 Å². The Kier molecular flexibility index (Phi) is 4.68. The third kappa shape index (κ3) is 3.57. The average molecular weight is 349 g/mol. The Balaban J connectivity index is 1.76. The molecule has 0 aliphatic rings. The first-order chi connectivity index (χ1) is 11.2. The van der Waals surface area contributed by atoms with Crippen LogP contribution in [-0.4, -0.2) is 26.9 Å². The van der Waals surface area contributed by atoms with Crippen molar-refractivity contribution in [2.45, 2.75) is 13.5 Å². The predicted molar refractivity (Wildman–Crippen MR) is 89.9 cm³/mol. The molecule has 0 saturated heterocycles. The van der Waals surface area contributed by atoms with E-state index in [1.54, 1.807) is 13.0 Å². The summed E-state index contributed by atoms with van der Waals surface area (Å²) in [5.41, 5.74) is 0.879. The highest BCUT2D eigenvalue weighted by Gasteiger charge is 2.11. The summed E-state index contributed by atoms with van der Waals surface area (Å²) in [6.07, 6.45) is 1.51. The molecule has 0 fully saturated rings. The van der Waals surface area contributed by atoms with Crippen molar-refractivity contribution < 1.29 is 9.53 Å². The second-order valence-corrected chi connectivity index (χ2v) is 5.85. The topological polar surface area (TPSA) is 77.0 Å². The van der Waals surface area contributed by atoms with E-state index in [4.69, 9.17) is 16.3 Å². The highest BCUT2D eigenvalue weighted by Crippen LogP contribution is 2.26. The Morgan fingerprint density at radius 3 is 3.09 bits per heavy atom. The van der Waals surface area contributed by atoms with Gasteiger partial charge in [-0.15, -0.1) is 0 Å². The van der Waals surface area contributed by atoms with Crippen molar-refractivity contribution in [1.29, 1.82) is 0 Å². The van der Waals surface area contributed by atoms with Gasteiger partial charge in [-0.1, -0.05) is 11.6 Å². The molecule has 23 heavy (non-hydrogen) atoms. The number of hydrogen-bond donors (Lipinski definition) is 1. The molecule has 2 heterocycles. The fourth-order valence-electron chi connectivity index (χ4n) is 2.01. The molecular formula is C15H13ClN4O2S. The predicted octanol–water partition coefficient (Wildman–Crippen LogP) is 3.53. The minimum atomic E-state index is -0.540. The molecule has 0 aliphatic heterocycles. The number of nitrogens with one attached hydrogen (secondary N) is 1. The molecule has 6 nitrogen and oxygen atoms in total. The summed E-state index contributed by atoms with van der Waals surface area (Å²) in [7, 11) is 0. The standard InChI is InChI=1S/C15H13ClN4O2S/c1-2-22-15(21)14-17-6-5-13(19-14)18-8-11-10-7-9(16)3-4-12(10)23-20-11/h3-7H,2,8H2,1H3,(H,17,18,19). The summed E-state index contributed by atoms with van der Waals surface area (Å²) in [4.78, 5) is 19.7. The number of carbonyl (C=O) groups is 1. The lowest BCUT2D eigenvalue weighted by atomic mass is 10.2. The summed E-state index contributed by atoms with van der Waals surface area (Å²) < 4.78 is 10.4. The van der Waals surface area contributed by atoms with E-state index in [0.29, 0.717) is 17.4 Å². The lowest BCUT2D eigenvalue weighted by molar-refractivity contribution is 0.0512. The molecular weight excluding hydrogens is 336 g/mol. The van der Waals surface area contributed by atoms with Crippen LogP contribution in [0.25, 0.3) is 10.1 Å². The van der Waals surface area contributed by atoms with Crippen molar-refractivity contribution in [2.24, 2.45) is 0 Å². The molecule has 3 rings (SSSR count). The van der Waals surface area contributed by atoms with Gasteiger partial charge < -0.3 is 10.1 Å². The van der Waals surface area contributed by atoms with E-state index in [-0.39, 0.29) is 12.4 Å². The quantitative estimate of drug-likeness (QED) is 0.711. The van der Waals surface area contributed by atoms with Gasteiger partial charge in [0.2, 0.25) is 5.82 Å². The zero-order valence-corrected chi connectivity index (χ0v) is 13.8. The molecule has 0 saturated carbocycles. The Bertz CT molecular complexity index is 852. The van der Waals surface area contributed by atoms with E-state index in [1.165, 1.54) is 17.7 Å². The van der Waals surface area contributed by atoms with Gasteiger partial charge in [0.1, 0.15) is 5.82 Å². The number of anilines is 1. The van der Waals surface area contributed by atoms with Crippen molar-refractivity contribution in [3.8, 4) is 0 Å². The molecule has 0 radical (unpaired) electrons. The lowest BCUT2D eigenvalue weighted by Gasteiger charge is -2.05. The maximum atomic E-state index is 11.6. The highest BCUT2D eigenvalue weighted by atomic mass is 35.5. The number of rotatable bonds is 5. The van der Waals surface area contributed by atoms with Gasteiger partial charge in [-0.25, -0.2) is 14.8 Å². The van der Waals surface area contributed by atoms with Crippen LogP contribution in [0.4, 0.5) is 5.82 Å². The van der Waals surface area contributed by atoms with E-state index >= 15 is 0 Å². The van der Waals surface area contributed by atoms with Gasteiger partial charge >= 0.3 is 5.97 Å². The Hall–Kier alpha value is -2.25. The third-order valence-corrected chi connectivity index (χ3v) is 4.16. The summed E-state index contributed by atoms with van der Waals surface area (Å²) in [5, 5.41) is 4.82. The van der Waals surface area contributed by atoms with Gasteiger partial charge in [-0.3, -0.25) is 0 Å². The normalized spacial score (nSPS) is 10.7. The number of benzene rings is 1. The van der Waals surface area contributed by atoms with Gasteiger partial charge in [0.25, 0.3) is 0 Å². The van der Waals surface area contributed by atoms with E-state index < -0.39 is 5.97 Å². The Labute approximate surface area is 141 Å². The minimum absolute atomic E-state index is 0.0306. The van der Waals surface area contributed by atoms with Gasteiger partial charge in [-0.05, 0) is 42.7 Å². The molecule has 1 aromatic carbocycles. The molecule has 3 aromatic rings. The Morgan fingerprint density at radius 2 is 2.26 bits per heavy atom. The van der Waals surface area contributed by atoms with Crippen LogP contribution in [-0.2, 0) is 11.3 Å². The minimum Gasteiger partial charge on any atom is -0.460 e. The lowest BCUT2D eigenvalue weighted by Crippen LogP contribution is -2.11. The van der Waals surface area contributed by atoms with Crippen LogP contribution < -0.4 is 5.32 Å². The first-order valence-electron chi connectivity index (χ1n) is 6.95. The zero-order valence-electron chi connectivity index (χ0n) is 12.2. The Morgan fingerprint density at radius 1 is 1.39 bits per heavy atom. The summed E-state index contributed by atoms with van der Waals surface area (Å²) in [6, 6.07) is 7.36. The van der Waals surface area contributed by atoms with Crippen LogP contribution in [0.1, 0.15) is 23.2 Å². The van der Waals surface area contributed by atoms with E-state index in [9.17, 15) is 4.79 Å². The molecule has 2 aromatic heterocycles. The van der Waals surface area contributed by atoms with Crippen molar-refractivity contribution in [1.82, 2.24) is 14.3 Å². The van der Waals surface area contributed by atoms with Crippen LogP contribution in [0.3, 0.4) is 0 Å². The van der Waals surface area contributed by atoms with E-state index in [1.807, 2.05) is 18.2 Å². The smallest absolute Gasteiger partial charge is 0.376 e. The fraction of sp³-hybridized carbons (Fsp3) is 0.200. The number of aromatic nitrogens is 3. The van der Waals surface area contributed by atoms with Crippen LogP contribution in [0.2, 0.25) is 5.02 Å². The monoisotopic (exact) mass is 348 g/mol. The molecule has 0 aliphatic carbocycles. The molecule has 0 bridgehead atoms. The third-order valence-electron chi connectivity index (χ3n) is 3.06. The molecule has 118 valence electrons. The molecule has 0 amide bonds. The van der Waals surface area contributed by atoms with Crippen molar-refractivity contribution >= 4 is 45.0 Å². The van der Waals surface area contributed by atoms with Crippen LogP contribution >= 0.6 is 23.1 Å².